The van der Waals surface area contributed by atoms with E-state index in [2.05, 4.69) is 45.2 Å². The molecule has 44 heavy (non-hydrogen) atoms. The highest BCUT2D eigenvalue weighted by atomic mass is 127. The number of halogens is 2. The molecule has 4 bridgehead atoms. The van der Waals surface area contributed by atoms with Crippen molar-refractivity contribution in [3.8, 4) is 0 Å². The second-order valence-corrected chi connectivity index (χ2v) is 19.0. The van der Waals surface area contributed by atoms with Gasteiger partial charge >= 0.3 is 11.9 Å². The Labute approximate surface area is 284 Å². The van der Waals surface area contributed by atoms with Crippen molar-refractivity contribution < 1.29 is 28.7 Å². The summed E-state index contributed by atoms with van der Waals surface area (Å²) in [5, 5.41) is 0. The van der Waals surface area contributed by atoms with E-state index in [0.717, 1.165) is 11.4 Å². The number of rotatable bonds is 6. The summed E-state index contributed by atoms with van der Waals surface area (Å²) in [5.41, 5.74) is -1.44. The van der Waals surface area contributed by atoms with Gasteiger partial charge in [-0.2, -0.15) is 0 Å². The van der Waals surface area contributed by atoms with Crippen molar-refractivity contribution in [2.45, 2.75) is 72.4 Å². The molecule has 2 heterocycles. The molecular formula is C34H36I2N2O6. The average molecular weight is 822 g/mol. The van der Waals surface area contributed by atoms with Crippen molar-refractivity contribution in [3.05, 3.63) is 60.7 Å². The molecule has 2 aliphatic heterocycles. The zero-order valence-corrected chi connectivity index (χ0v) is 29.6. The molecule has 10 heteroatoms. The monoisotopic (exact) mass is 822 g/mol. The van der Waals surface area contributed by atoms with Crippen molar-refractivity contribution in [2.75, 3.05) is 22.9 Å². The van der Waals surface area contributed by atoms with Crippen LogP contribution < -0.4 is 9.80 Å². The lowest BCUT2D eigenvalue weighted by molar-refractivity contribution is -0.170. The lowest BCUT2D eigenvalue weighted by atomic mass is 9.79. The van der Waals surface area contributed by atoms with Gasteiger partial charge in [-0.15, -0.1) is 0 Å². The molecule has 0 spiro atoms. The Bertz CT molecular complexity index is 1470. The van der Waals surface area contributed by atoms with Crippen LogP contribution in [0.25, 0.3) is 0 Å². The van der Waals surface area contributed by atoms with Gasteiger partial charge in [0.05, 0.1) is 10.8 Å². The summed E-state index contributed by atoms with van der Waals surface area (Å²) in [6.07, 6.45) is 0.0998. The predicted octanol–water partition coefficient (Wildman–Crippen LogP) is 5.88. The smallest absolute Gasteiger partial charge is 0.314 e. The SMILES string of the molecule is CC1(C)CN(c2ccccc2)C(=O)[C@@H]1OC(=O)[C@]12C[C@]3(I)C[C@@]1(I)C[C@]3(C(=O)O[C@H]1C(=O)N(c3ccccc3)CC1(C)C)C2. The summed E-state index contributed by atoms with van der Waals surface area (Å²) in [4.78, 5) is 59.2. The molecule has 8 rings (SSSR count). The van der Waals surface area contributed by atoms with E-state index in [4.69, 9.17) is 9.47 Å². The maximum absolute atomic E-state index is 14.3. The normalized spacial score (nSPS) is 37.7. The lowest BCUT2D eigenvalue weighted by Gasteiger charge is -2.35. The fraction of sp³-hybridized carbons (Fsp3) is 0.529. The van der Waals surface area contributed by atoms with Crippen LogP contribution in [0.1, 0.15) is 53.4 Å². The third-order valence-electron chi connectivity index (χ3n) is 10.9. The Morgan fingerprint density at radius 2 is 1.00 bits per heavy atom. The second kappa shape index (κ2) is 9.65. The van der Waals surface area contributed by atoms with Gasteiger partial charge in [0.1, 0.15) is 0 Å². The van der Waals surface area contributed by atoms with Gasteiger partial charge in [0.15, 0.2) is 12.2 Å². The van der Waals surface area contributed by atoms with Crippen LogP contribution in [0.3, 0.4) is 0 Å². The van der Waals surface area contributed by atoms with Gasteiger partial charge in [0.25, 0.3) is 11.8 Å². The minimum atomic E-state index is -0.921. The zero-order valence-electron chi connectivity index (χ0n) is 25.3. The first-order valence-electron chi connectivity index (χ1n) is 15.1. The molecule has 2 saturated heterocycles. The van der Waals surface area contributed by atoms with Crippen molar-refractivity contribution in [3.63, 3.8) is 0 Å². The van der Waals surface area contributed by atoms with Crippen molar-refractivity contribution >= 4 is 80.3 Å². The van der Waals surface area contributed by atoms with Gasteiger partial charge in [0.2, 0.25) is 0 Å². The van der Waals surface area contributed by atoms with E-state index in [-0.39, 0.29) is 11.8 Å². The molecule has 4 aliphatic carbocycles. The van der Waals surface area contributed by atoms with Crippen LogP contribution in [-0.2, 0) is 28.7 Å². The number of carbonyl (C=O) groups excluding carboxylic acids is 4. The van der Waals surface area contributed by atoms with E-state index in [9.17, 15) is 19.2 Å². The number of alkyl halides is 2. The van der Waals surface area contributed by atoms with Gasteiger partial charge in [-0.25, -0.2) is 0 Å². The first kappa shape index (κ1) is 30.4. The van der Waals surface area contributed by atoms with Gasteiger partial charge in [-0.3, -0.25) is 19.2 Å². The summed E-state index contributed by atoms with van der Waals surface area (Å²) in [7, 11) is 0. The summed E-state index contributed by atoms with van der Waals surface area (Å²) < 4.78 is 11.4. The fourth-order valence-corrected chi connectivity index (χ4v) is 13.3. The van der Waals surface area contributed by atoms with Crippen LogP contribution in [0.2, 0.25) is 0 Å². The molecule has 0 N–H and O–H groups in total. The van der Waals surface area contributed by atoms with E-state index in [1.807, 2.05) is 88.4 Å². The highest BCUT2D eigenvalue weighted by Gasteiger charge is 2.88. The molecule has 6 aliphatic rings. The molecule has 6 fully saturated rings. The standard InChI is InChI=1S/C34H36I2N2O6/c1-29(2)19-37(21-11-7-5-8-12-21)25(39)23(29)43-27(41)31-15-32(17-33(31,35)18-34(32,36)16-31)28(42)44-24-26(40)38(20-30(24,3)4)22-13-9-6-10-14-22/h5-14,23-24H,15-20H2,1-4H3/t23-,24-,31-,32-,33-,34-/m0/s1. The summed E-state index contributed by atoms with van der Waals surface area (Å²) in [5.74, 6) is -1.24. The van der Waals surface area contributed by atoms with Crippen LogP contribution in [0, 0.1) is 21.7 Å². The first-order chi connectivity index (χ1) is 20.6. The number of esters is 2. The van der Waals surface area contributed by atoms with Crippen LogP contribution >= 0.6 is 45.2 Å². The molecule has 4 saturated carbocycles. The topological polar surface area (TPSA) is 93.2 Å². The second-order valence-electron chi connectivity index (χ2n) is 14.9. The molecule has 232 valence electrons. The maximum Gasteiger partial charge on any atom is 0.314 e. The number of amides is 2. The lowest BCUT2D eigenvalue weighted by Crippen LogP contribution is -2.46. The average Bonchev–Trinajstić information content (AvgIpc) is 3.68. The molecule has 2 aromatic rings. The van der Waals surface area contributed by atoms with E-state index in [1.54, 1.807) is 9.80 Å². The number of para-hydroxylation sites is 2. The van der Waals surface area contributed by atoms with Crippen LogP contribution in [0.15, 0.2) is 60.7 Å². The number of benzene rings is 2. The Balaban J connectivity index is 1.13. The number of carbonyl (C=O) groups is 4. The molecule has 2 amide bonds. The Morgan fingerprint density at radius 3 is 1.34 bits per heavy atom. The number of anilines is 2. The van der Waals surface area contributed by atoms with Crippen LogP contribution in [0.5, 0.6) is 0 Å². The highest BCUT2D eigenvalue weighted by molar-refractivity contribution is 14.1. The van der Waals surface area contributed by atoms with Crippen LogP contribution in [0.4, 0.5) is 11.4 Å². The minimum Gasteiger partial charge on any atom is -0.451 e. The third kappa shape index (κ3) is 4.03. The van der Waals surface area contributed by atoms with Gasteiger partial charge in [0, 0.05) is 42.1 Å². The summed E-state index contributed by atoms with van der Waals surface area (Å²) in [6, 6.07) is 18.9. The predicted molar refractivity (Wildman–Crippen MR) is 182 cm³/mol. The summed E-state index contributed by atoms with van der Waals surface area (Å²) >= 11 is 4.75. The summed E-state index contributed by atoms with van der Waals surface area (Å²) in [6.45, 7) is 8.68. The number of ether oxygens (including phenoxy) is 2. The number of hydrogen-bond donors (Lipinski definition) is 0. The zero-order chi connectivity index (χ0) is 31.5. The van der Waals surface area contributed by atoms with E-state index in [0.29, 0.717) is 38.8 Å². The largest absolute Gasteiger partial charge is 0.451 e. The molecule has 0 radical (unpaired) electrons. The highest BCUT2D eigenvalue weighted by Crippen LogP contribution is 2.85. The molecule has 6 atom stereocenters. The molecule has 0 aromatic heterocycles. The minimum absolute atomic E-state index is 0.225. The van der Waals surface area contributed by atoms with Gasteiger partial charge < -0.3 is 19.3 Å². The molecule has 0 unspecified atom stereocenters. The van der Waals surface area contributed by atoms with Crippen molar-refractivity contribution in [2.24, 2.45) is 21.7 Å². The van der Waals surface area contributed by atoms with E-state index in [1.165, 1.54) is 0 Å². The number of hydrogen-bond acceptors (Lipinski definition) is 6. The first-order valence-corrected chi connectivity index (χ1v) is 17.3. The van der Waals surface area contributed by atoms with Crippen molar-refractivity contribution in [1.29, 1.82) is 0 Å². The molecule has 8 nitrogen and oxygen atoms in total. The third-order valence-corrected chi connectivity index (χ3v) is 14.5. The maximum atomic E-state index is 14.3. The Kier molecular flexibility index (Phi) is 6.67. The Hall–Kier alpha value is -2.22. The van der Waals surface area contributed by atoms with Crippen LogP contribution in [-0.4, -0.2) is 55.9 Å². The van der Waals surface area contributed by atoms with Gasteiger partial charge in [-0.05, 0) is 49.9 Å². The molecule has 2 aromatic carbocycles. The fourth-order valence-electron chi connectivity index (χ4n) is 8.73. The molecular weight excluding hydrogens is 786 g/mol. The van der Waals surface area contributed by atoms with E-state index >= 15 is 0 Å². The van der Waals surface area contributed by atoms with Gasteiger partial charge in [-0.1, -0.05) is 109 Å². The van der Waals surface area contributed by atoms with E-state index < -0.39 is 52.6 Å². The van der Waals surface area contributed by atoms with Crippen molar-refractivity contribution in [1.82, 2.24) is 0 Å². The number of nitrogens with zero attached hydrogens (tertiary/aromatic N) is 2. The Morgan fingerprint density at radius 1 is 0.636 bits per heavy atom. The quantitative estimate of drug-likeness (QED) is 0.206.